The van der Waals surface area contributed by atoms with Crippen LogP contribution >= 0.6 is 11.8 Å². The molecule has 0 saturated carbocycles. The van der Waals surface area contributed by atoms with E-state index in [4.69, 9.17) is 0 Å². The van der Waals surface area contributed by atoms with E-state index in [1.807, 2.05) is 31.2 Å². The molecule has 5 nitrogen and oxygen atoms in total. The number of nitrogens with zero attached hydrogens (tertiary/aromatic N) is 1. The number of hydrogen-bond donors (Lipinski definition) is 1. The molecule has 0 aliphatic carbocycles. The molecule has 2 aliphatic heterocycles. The van der Waals surface area contributed by atoms with Gasteiger partial charge in [0.15, 0.2) is 0 Å². The van der Waals surface area contributed by atoms with Crippen molar-refractivity contribution < 1.29 is 14.4 Å². The smallest absolute Gasteiger partial charge is 0.227 e. The van der Waals surface area contributed by atoms with Gasteiger partial charge in [-0.25, -0.2) is 0 Å². The van der Waals surface area contributed by atoms with Crippen LogP contribution in [0.25, 0.3) is 0 Å². The summed E-state index contributed by atoms with van der Waals surface area (Å²) in [4.78, 5) is 38.0. The Morgan fingerprint density at radius 3 is 2.83 bits per heavy atom. The van der Waals surface area contributed by atoms with Crippen molar-refractivity contribution in [2.75, 3.05) is 17.2 Å². The molecule has 0 aromatic heterocycles. The van der Waals surface area contributed by atoms with Crippen LogP contribution in [0.5, 0.6) is 0 Å². The number of thioether (sulfide) groups is 1. The lowest BCUT2D eigenvalue weighted by atomic mass is 10.1. The molecule has 6 heteroatoms. The van der Waals surface area contributed by atoms with Crippen molar-refractivity contribution >= 4 is 34.4 Å². The van der Waals surface area contributed by atoms with Crippen LogP contribution in [-0.2, 0) is 20.8 Å². The van der Waals surface area contributed by atoms with E-state index in [0.29, 0.717) is 13.0 Å². The molecule has 1 N–H and O–H groups in total. The maximum absolute atomic E-state index is 12.4. The van der Waals surface area contributed by atoms with Crippen LogP contribution in [0.3, 0.4) is 0 Å². The van der Waals surface area contributed by atoms with Gasteiger partial charge >= 0.3 is 0 Å². The van der Waals surface area contributed by atoms with Gasteiger partial charge in [-0.15, -0.1) is 0 Å². The predicted molar refractivity (Wildman–Crippen MR) is 90.3 cm³/mol. The van der Waals surface area contributed by atoms with Gasteiger partial charge in [0.1, 0.15) is 0 Å². The summed E-state index contributed by atoms with van der Waals surface area (Å²) in [6.45, 7) is 2.43. The maximum atomic E-state index is 12.4. The van der Waals surface area contributed by atoms with Gasteiger partial charge in [-0.1, -0.05) is 36.9 Å². The van der Waals surface area contributed by atoms with E-state index < -0.39 is 0 Å². The first-order valence-electron chi connectivity index (χ1n) is 7.95. The molecule has 0 spiro atoms. The van der Waals surface area contributed by atoms with Crippen LogP contribution in [0, 0.1) is 5.92 Å². The lowest BCUT2D eigenvalue weighted by Crippen LogP contribution is -2.41. The molecule has 1 aromatic rings. The highest BCUT2D eigenvalue weighted by molar-refractivity contribution is 8.14. The number of amides is 2. The fraction of sp³-hybridized carbons (Fsp3) is 0.471. The number of para-hydroxylation sites is 1. The van der Waals surface area contributed by atoms with Gasteiger partial charge in [-0.3, -0.25) is 14.4 Å². The minimum absolute atomic E-state index is 0.0239. The van der Waals surface area contributed by atoms with Gasteiger partial charge in [-0.05, 0) is 24.5 Å². The Morgan fingerprint density at radius 2 is 2.13 bits per heavy atom. The molecule has 23 heavy (non-hydrogen) atoms. The van der Waals surface area contributed by atoms with E-state index >= 15 is 0 Å². The van der Waals surface area contributed by atoms with Crippen LogP contribution in [0.1, 0.15) is 25.3 Å². The molecule has 0 radical (unpaired) electrons. The number of carbonyl (C=O) groups excluding carboxylic acids is 3. The van der Waals surface area contributed by atoms with Crippen LogP contribution in [0.2, 0.25) is 0 Å². The first-order valence-corrected chi connectivity index (χ1v) is 8.94. The Bertz CT molecular complexity index is 646. The Morgan fingerprint density at radius 1 is 1.35 bits per heavy atom. The van der Waals surface area contributed by atoms with E-state index in [9.17, 15) is 14.4 Å². The second-order valence-corrected chi connectivity index (χ2v) is 7.00. The zero-order valence-corrected chi connectivity index (χ0v) is 13.9. The minimum Gasteiger partial charge on any atom is -0.345 e. The van der Waals surface area contributed by atoms with Crippen LogP contribution in [-0.4, -0.2) is 35.3 Å². The first kappa shape index (κ1) is 16.1. The van der Waals surface area contributed by atoms with Crippen LogP contribution in [0.15, 0.2) is 24.3 Å². The van der Waals surface area contributed by atoms with Gasteiger partial charge in [0.05, 0.1) is 12.0 Å². The van der Waals surface area contributed by atoms with Gasteiger partial charge in [0, 0.05) is 24.4 Å². The monoisotopic (exact) mass is 332 g/mol. The van der Waals surface area contributed by atoms with Crippen molar-refractivity contribution in [2.45, 2.75) is 32.2 Å². The summed E-state index contributed by atoms with van der Waals surface area (Å²) >= 11 is 1.26. The van der Waals surface area contributed by atoms with E-state index in [2.05, 4.69) is 5.32 Å². The van der Waals surface area contributed by atoms with Crippen molar-refractivity contribution in [1.29, 1.82) is 0 Å². The Hall–Kier alpha value is -1.82. The lowest BCUT2D eigenvalue weighted by Gasteiger charge is -2.20. The van der Waals surface area contributed by atoms with Gasteiger partial charge < -0.3 is 10.2 Å². The summed E-state index contributed by atoms with van der Waals surface area (Å²) in [6, 6.07) is 7.40. The predicted octanol–water partition coefficient (Wildman–Crippen LogP) is 1.75. The fourth-order valence-corrected chi connectivity index (χ4v) is 4.04. The van der Waals surface area contributed by atoms with E-state index in [-0.39, 0.29) is 35.3 Å². The highest BCUT2D eigenvalue weighted by atomic mass is 32.2. The van der Waals surface area contributed by atoms with Crippen molar-refractivity contribution in [3.63, 3.8) is 0 Å². The Kier molecular flexibility index (Phi) is 4.71. The molecule has 0 unspecified atom stereocenters. The molecular weight excluding hydrogens is 312 g/mol. The third-order valence-electron chi connectivity index (χ3n) is 4.41. The molecule has 2 atom stereocenters. The summed E-state index contributed by atoms with van der Waals surface area (Å²) in [5, 5.41) is 2.83. The normalized spacial score (nSPS) is 24.3. The summed E-state index contributed by atoms with van der Waals surface area (Å²) in [7, 11) is 0. The largest absolute Gasteiger partial charge is 0.345 e. The molecule has 2 heterocycles. The molecule has 2 amide bonds. The molecule has 0 bridgehead atoms. The average molecular weight is 332 g/mol. The number of hydrogen-bond acceptors (Lipinski definition) is 4. The van der Waals surface area contributed by atoms with Crippen molar-refractivity contribution in [3.05, 3.63) is 29.8 Å². The molecule has 122 valence electrons. The number of aryl methyl sites for hydroxylation is 1. The number of rotatable bonds is 4. The molecule has 1 aromatic carbocycles. The minimum atomic E-state index is -0.389. The second kappa shape index (κ2) is 6.74. The van der Waals surface area contributed by atoms with Crippen LogP contribution in [0.4, 0.5) is 5.69 Å². The molecule has 2 saturated heterocycles. The van der Waals surface area contributed by atoms with Gasteiger partial charge in [0.25, 0.3) is 0 Å². The van der Waals surface area contributed by atoms with Gasteiger partial charge in [0.2, 0.25) is 16.9 Å². The van der Waals surface area contributed by atoms with Crippen molar-refractivity contribution in [3.8, 4) is 0 Å². The number of nitrogens with one attached hydrogen (secondary N) is 1. The van der Waals surface area contributed by atoms with Crippen molar-refractivity contribution in [2.24, 2.45) is 5.92 Å². The second-order valence-electron chi connectivity index (χ2n) is 5.91. The Balaban J connectivity index is 1.69. The molecule has 2 aliphatic rings. The summed E-state index contributed by atoms with van der Waals surface area (Å²) < 4.78 is 0. The summed E-state index contributed by atoms with van der Waals surface area (Å²) in [6.07, 6.45) is 1.72. The molecular formula is C17H20N2O3S. The highest BCUT2D eigenvalue weighted by Crippen LogP contribution is 2.29. The zero-order chi connectivity index (χ0) is 16.4. The number of benzene rings is 1. The Labute approximate surface area is 139 Å². The lowest BCUT2D eigenvalue weighted by molar-refractivity contribution is -0.128. The maximum Gasteiger partial charge on any atom is 0.227 e. The zero-order valence-electron chi connectivity index (χ0n) is 13.1. The third kappa shape index (κ3) is 3.27. The first-order chi connectivity index (χ1) is 11.1. The quantitative estimate of drug-likeness (QED) is 0.912. The average Bonchev–Trinajstić information content (AvgIpc) is 3.13. The SMILES string of the molecule is CCc1ccccc1N1C[C@H](C(=O)N[C@H]2CCSC2=O)CC1=O. The van der Waals surface area contributed by atoms with Gasteiger partial charge in [-0.2, -0.15) is 0 Å². The summed E-state index contributed by atoms with van der Waals surface area (Å²) in [5.41, 5.74) is 1.99. The topological polar surface area (TPSA) is 66.5 Å². The third-order valence-corrected chi connectivity index (χ3v) is 5.42. The van der Waals surface area contributed by atoms with Crippen LogP contribution < -0.4 is 10.2 Å². The summed E-state index contributed by atoms with van der Waals surface area (Å²) in [5.74, 6) is 0.156. The number of carbonyl (C=O) groups is 3. The molecule has 3 rings (SSSR count). The van der Waals surface area contributed by atoms with E-state index in [0.717, 1.165) is 23.4 Å². The van der Waals surface area contributed by atoms with Crippen molar-refractivity contribution in [1.82, 2.24) is 5.32 Å². The molecule has 2 fully saturated rings. The number of anilines is 1. The van der Waals surface area contributed by atoms with E-state index in [1.54, 1.807) is 4.90 Å². The van der Waals surface area contributed by atoms with E-state index in [1.165, 1.54) is 11.8 Å². The standard InChI is InChI=1S/C17H20N2O3S/c1-2-11-5-3-4-6-14(11)19-10-12(9-15(19)20)16(21)18-13-7-8-23-17(13)22/h3-6,12-13H,2,7-10H2,1H3,(H,18,21)/t12-,13+/m1/s1. The highest BCUT2D eigenvalue weighted by Gasteiger charge is 2.37. The fourth-order valence-electron chi connectivity index (χ4n) is 3.11.